The minimum absolute atomic E-state index is 0. The maximum atomic E-state index is 12.4. The number of halogens is 2. The third-order valence-electron chi connectivity index (χ3n) is 5.53. The highest BCUT2D eigenvalue weighted by Crippen LogP contribution is 2.19. The number of carbonyl (C=O) groups is 1. The van der Waals surface area contributed by atoms with Gasteiger partial charge in [0.15, 0.2) is 5.69 Å². The minimum Gasteiger partial charge on any atom is -0.481 e. The van der Waals surface area contributed by atoms with Crippen molar-refractivity contribution in [2.75, 3.05) is 33.3 Å². The molecule has 7 nitrogen and oxygen atoms in total. The fourth-order valence-corrected chi connectivity index (χ4v) is 3.84. The molecule has 9 heteroatoms. The van der Waals surface area contributed by atoms with E-state index in [0.717, 1.165) is 44.2 Å². The molecule has 1 saturated carbocycles. The van der Waals surface area contributed by atoms with E-state index in [1.165, 1.54) is 32.1 Å². The molecule has 1 fully saturated rings. The Labute approximate surface area is 203 Å². The van der Waals surface area contributed by atoms with Gasteiger partial charge < -0.3 is 20.7 Å². The lowest BCUT2D eigenvalue weighted by Crippen LogP contribution is -2.36. The maximum Gasteiger partial charge on any atom is 0.271 e. The zero-order chi connectivity index (χ0) is 21.0. The van der Waals surface area contributed by atoms with Crippen molar-refractivity contribution < 1.29 is 9.53 Å². The summed E-state index contributed by atoms with van der Waals surface area (Å²) in [4.78, 5) is 12.4. The van der Waals surface area contributed by atoms with Crippen LogP contribution in [0, 0.1) is 0 Å². The lowest BCUT2D eigenvalue weighted by molar-refractivity contribution is 0.0947. The molecule has 3 N–H and O–H groups in total. The van der Waals surface area contributed by atoms with E-state index >= 15 is 0 Å². The van der Waals surface area contributed by atoms with Gasteiger partial charge in [0.2, 0.25) is 5.88 Å². The van der Waals surface area contributed by atoms with Crippen molar-refractivity contribution in [1.82, 2.24) is 25.7 Å². The van der Waals surface area contributed by atoms with Crippen LogP contribution in [0.4, 0.5) is 0 Å². The number of rotatable bonds is 12. The van der Waals surface area contributed by atoms with E-state index in [2.05, 4.69) is 21.0 Å². The third-order valence-corrected chi connectivity index (χ3v) is 5.53. The normalized spacial score (nSPS) is 13.7. The van der Waals surface area contributed by atoms with Crippen LogP contribution in [-0.4, -0.2) is 55.0 Å². The van der Waals surface area contributed by atoms with E-state index in [9.17, 15) is 4.79 Å². The fraction of sp³-hybridized carbons (Fsp3) is 0.565. The number of nitrogens with zero attached hydrogens (tertiary/aromatic N) is 2. The number of benzene rings is 1. The van der Waals surface area contributed by atoms with Crippen LogP contribution in [0.5, 0.6) is 5.88 Å². The van der Waals surface area contributed by atoms with Gasteiger partial charge in [0.1, 0.15) is 0 Å². The van der Waals surface area contributed by atoms with E-state index in [-0.39, 0.29) is 30.7 Å². The van der Waals surface area contributed by atoms with Crippen LogP contribution >= 0.6 is 24.8 Å². The van der Waals surface area contributed by atoms with Crippen LogP contribution in [0.1, 0.15) is 55.4 Å². The summed E-state index contributed by atoms with van der Waals surface area (Å²) in [7, 11) is 1.58. The van der Waals surface area contributed by atoms with Crippen LogP contribution in [0.2, 0.25) is 0 Å². The van der Waals surface area contributed by atoms with Gasteiger partial charge in [-0.3, -0.25) is 4.79 Å². The van der Waals surface area contributed by atoms with Crippen LogP contribution < -0.4 is 20.7 Å². The maximum absolute atomic E-state index is 12.4. The van der Waals surface area contributed by atoms with E-state index in [0.29, 0.717) is 18.1 Å². The molecule has 1 aliphatic carbocycles. The van der Waals surface area contributed by atoms with Crippen molar-refractivity contribution in [3.63, 3.8) is 0 Å². The molecule has 1 heterocycles. The lowest BCUT2D eigenvalue weighted by atomic mass is 9.95. The Bertz CT molecular complexity index is 767. The number of nitrogens with one attached hydrogen (secondary N) is 3. The first-order valence-corrected chi connectivity index (χ1v) is 11.2. The molecule has 0 bridgehead atoms. The van der Waals surface area contributed by atoms with Crippen LogP contribution in [-0.2, 0) is 0 Å². The van der Waals surface area contributed by atoms with E-state index in [1.54, 1.807) is 17.9 Å². The van der Waals surface area contributed by atoms with Crippen LogP contribution in [0.25, 0.3) is 5.69 Å². The second-order valence-corrected chi connectivity index (χ2v) is 7.82. The Morgan fingerprint density at radius 2 is 1.75 bits per heavy atom. The van der Waals surface area contributed by atoms with Gasteiger partial charge in [-0.25, -0.2) is 4.68 Å². The summed E-state index contributed by atoms with van der Waals surface area (Å²) in [5.74, 6) is 0.366. The summed E-state index contributed by atoms with van der Waals surface area (Å²) in [5, 5.41) is 14.5. The van der Waals surface area contributed by atoms with Gasteiger partial charge in [0.05, 0.1) is 12.8 Å². The molecule has 0 atom stereocenters. The second-order valence-electron chi connectivity index (χ2n) is 7.82. The predicted octanol–water partition coefficient (Wildman–Crippen LogP) is 3.75. The molecule has 0 aliphatic heterocycles. The largest absolute Gasteiger partial charge is 0.481 e. The van der Waals surface area contributed by atoms with Gasteiger partial charge in [0.25, 0.3) is 5.91 Å². The molecule has 0 unspecified atom stereocenters. The molecule has 2 aromatic rings. The SMILES string of the molecule is COc1cc(C(=O)NCCCCNCCNC2CCCCC2)nn1-c1ccccc1.Cl.Cl. The molecule has 1 aromatic heterocycles. The quantitative estimate of drug-likeness (QED) is 0.399. The fourth-order valence-electron chi connectivity index (χ4n) is 3.84. The van der Waals surface area contributed by atoms with Gasteiger partial charge in [-0.2, -0.15) is 5.10 Å². The van der Waals surface area contributed by atoms with Crippen molar-refractivity contribution in [1.29, 1.82) is 0 Å². The first kappa shape index (κ1) is 28.2. The number of unbranched alkanes of at least 4 members (excludes halogenated alkanes) is 1. The number of hydrogen-bond acceptors (Lipinski definition) is 5. The molecular weight excluding hydrogens is 449 g/mol. The Morgan fingerprint density at radius 3 is 2.47 bits per heavy atom. The summed E-state index contributed by atoms with van der Waals surface area (Å²) >= 11 is 0. The summed E-state index contributed by atoms with van der Waals surface area (Å²) in [6, 6.07) is 12.0. The number of hydrogen-bond donors (Lipinski definition) is 3. The summed E-state index contributed by atoms with van der Waals surface area (Å²) < 4.78 is 7.01. The Hall–Kier alpha value is -1.80. The molecular formula is C23H37Cl2N5O2. The Kier molecular flexibility index (Phi) is 14.0. The zero-order valence-electron chi connectivity index (χ0n) is 18.8. The van der Waals surface area contributed by atoms with Crippen molar-refractivity contribution in [3.05, 3.63) is 42.1 Å². The molecule has 0 radical (unpaired) electrons. The third kappa shape index (κ3) is 8.98. The van der Waals surface area contributed by atoms with Gasteiger partial charge in [-0.15, -0.1) is 24.8 Å². The van der Waals surface area contributed by atoms with Gasteiger partial charge in [-0.05, 0) is 44.4 Å². The number of carbonyl (C=O) groups excluding carboxylic acids is 1. The van der Waals surface area contributed by atoms with Gasteiger partial charge in [-0.1, -0.05) is 37.5 Å². The monoisotopic (exact) mass is 485 g/mol. The van der Waals surface area contributed by atoms with E-state index in [4.69, 9.17) is 4.74 Å². The molecule has 32 heavy (non-hydrogen) atoms. The first-order chi connectivity index (χ1) is 14.8. The van der Waals surface area contributed by atoms with Crippen molar-refractivity contribution in [2.24, 2.45) is 0 Å². The molecule has 1 aliphatic rings. The van der Waals surface area contributed by atoms with Gasteiger partial charge >= 0.3 is 0 Å². The Balaban J connectivity index is 0.00000256. The molecule has 1 aromatic carbocycles. The highest BCUT2D eigenvalue weighted by Gasteiger charge is 2.15. The molecule has 1 amide bonds. The first-order valence-electron chi connectivity index (χ1n) is 11.2. The highest BCUT2D eigenvalue weighted by molar-refractivity contribution is 5.92. The number of amides is 1. The number of para-hydroxylation sites is 1. The lowest BCUT2D eigenvalue weighted by Gasteiger charge is -2.22. The average molecular weight is 486 g/mol. The van der Waals surface area contributed by atoms with E-state index in [1.807, 2.05) is 30.3 Å². The second kappa shape index (κ2) is 15.9. The molecule has 3 rings (SSSR count). The molecule has 180 valence electrons. The van der Waals surface area contributed by atoms with E-state index < -0.39 is 0 Å². The summed E-state index contributed by atoms with van der Waals surface area (Å²) in [6.07, 6.45) is 8.77. The summed E-state index contributed by atoms with van der Waals surface area (Å²) in [6.45, 7) is 3.65. The predicted molar refractivity (Wildman–Crippen MR) is 134 cm³/mol. The number of methoxy groups -OCH3 is 1. The summed E-state index contributed by atoms with van der Waals surface area (Å²) in [5.41, 5.74) is 1.22. The zero-order valence-corrected chi connectivity index (χ0v) is 20.5. The number of ether oxygens (including phenoxy) is 1. The van der Waals surface area contributed by atoms with Crippen molar-refractivity contribution >= 4 is 30.7 Å². The van der Waals surface area contributed by atoms with Crippen molar-refractivity contribution in [2.45, 2.75) is 51.0 Å². The Morgan fingerprint density at radius 1 is 1.03 bits per heavy atom. The molecule has 0 spiro atoms. The van der Waals surface area contributed by atoms with Crippen molar-refractivity contribution in [3.8, 4) is 11.6 Å². The standard InChI is InChI=1S/C23H35N5O2.2ClH/c1-30-22-18-21(27-28(22)20-12-6-3-7-13-20)23(29)26-15-9-8-14-24-16-17-25-19-10-4-2-5-11-19;;/h3,6-7,12-13,18-19,24-25H,2,4-5,8-11,14-17H2,1H3,(H,26,29);2*1H. The minimum atomic E-state index is -0.173. The van der Waals surface area contributed by atoms with Crippen LogP contribution in [0.3, 0.4) is 0 Å². The number of aromatic nitrogens is 2. The topological polar surface area (TPSA) is 80.2 Å². The average Bonchev–Trinajstić information content (AvgIpc) is 3.24. The molecule has 0 saturated heterocycles. The highest BCUT2D eigenvalue weighted by atomic mass is 35.5. The van der Waals surface area contributed by atoms with Gasteiger partial charge in [0, 0.05) is 31.7 Å². The smallest absolute Gasteiger partial charge is 0.271 e. The van der Waals surface area contributed by atoms with Crippen LogP contribution in [0.15, 0.2) is 36.4 Å².